The third kappa shape index (κ3) is 2.08. The van der Waals surface area contributed by atoms with Crippen molar-refractivity contribution in [2.45, 2.75) is 31.9 Å². The minimum absolute atomic E-state index is 0.281. The van der Waals surface area contributed by atoms with Gasteiger partial charge >= 0.3 is 0 Å². The Kier molecular flexibility index (Phi) is 3.05. The fourth-order valence-electron chi connectivity index (χ4n) is 3.31. The standard InChI is InChI=1S/C16H17N3OS/c1-10-8-11(6-7-20-10)19-15-12-4-2-3-5-13(12)17-9-14(15)18-16(19)21/h2-5,9-11H,6-8H2,1H3,(H,18,21). The highest BCUT2D eigenvalue weighted by atomic mass is 32.1. The lowest BCUT2D eigenvalue weighted by molar-refractivity contribution is 0.00651. The quantitative estimate of drug-likeness (QED) is 0.691. The molecule has 0 aliphatic carbocycles. The van der Waals surface area contributed by atoms with Crippen molar-refractivity contribution in [3.8, 4) is 0 Å². The van der Waals surface area contributed by atoms with Crippen LogP contribution in [0.5, 0.6) is 0 Å². The summed E-state index contributed by atoms with van der Waals surface area (Å²) in [5.41, 5.74) is 3.19. The van der Waals surface area contributed by atoms with Crippen molar-refractivity contribution >= 4 is 34.2 Å². The maximum Gasteiger partial charge on any atom is 0.178 e. The number of aromatic nitrogens is 3. The van der Waals surface area contributed by atoms with Crippen LogP contribution in [0.1, 0.15) is 25.8 Å². The molecular weight excluding hydrogens is 282 g/mol. The van der Waals surface area contributed by atoms with E-state index >= 15 is 0 Å². The topological polar surface area (TPSA) is 42.8 Å². The molecule has 4 rings (SSSR count). The molecule has 2 atom stereocenters. The van der Waals surface area contributed by atoms with E-state index in [0.29, 0.717) is 6.04 Å². The molecule has 2 aromatic heterocycles. The minimum atomic E-state index is 0.281. The molecule has 1 fully saturated rings. The van der Waals surface area contributed by atoms with E-state index in [4.69, 9.17) is 17.0 Å². The number of hydrogen-bond acceptors (Lipinski definition) is 3. The van der Waals surface area contributed by atoms with Gasteiger partial charge in [-0.05, 0) is 38.0 Å². The highest BCUT2D eigenvalue weighted by Crippen LogP contribution is 2.32. The molecule has 0 radical (unpaired) electrons. The maximum absolute atomic E-state index is 5.68. The number of fused-ring (bicyclic) bond motifs is 3. The Bertz CT molecular complexity index is 867. The Morgan fingerprint density at radius 3 is 3.10 bits per heavy atom. The second-order valence-corrected chi connectivity index (χ2v) is 6.08. The summed E-state index contributed by atoms with van der Waals surface area (Å²) in [5.74, 6) is 0. The van der Waals surface area contributed by atoms with Crippen LogP contribution >= 0.6 is 12.2 Å². The first-order valence-corrected chi connectivity index (χ1v) is 7.74. The van der Waals surface area contributed by atoms with Gasteiger partial charge in [0.1, 0.15) is 0 Å². The predicted octanol–water partition coefficient (Wildman–Crippen LogP) is 3.99. The number of nitrogens with zero attached hydrogens (tertiary/aromatic N) is 2. The first kappa shape index (κ1) is 13.0. The van der Waals surface area contributed by atoms with Crippen LogP contribution in [0.3, 0.4) is 0 Å². The largest absolute Gasteiger partial charge is 0.378 e. The van der Waals surface area contributed by atoms with E-state index in [-0.39, 0.29) is 6.10 Å². The van der Waals surface area contributed by atoms with Crippen LogP contribution in [0.2, 0.25) is 0 Å². The molecule has 3 aromatic rings. The van der Waals surface area contributed by atoms with Gasteiger partial charge < -0.3 is 14.3 Å². The second-order valence-electron chi connectivity index (χ2n) is 5.70. The number of benzene rings is 1. The fourth-order valence-corrected chi connectivity index (χ4v) is 3.66. The van der Waals surface area contributed by atoms with Crippen LogP contribution in [0, 0.1) is 4.77 Å². The maximum atomic E-state index is 5.68. The molecule has 5 heteroatoms. The number of hydrogen-bond donors (Lipinski definition) is 1. The van der Waals surface area contributed by atoms with Crippen LogP contribution < -0.4 is 0 Å². The van der Waals surface area contributed by atoms with Gasteiger partial charge in [-0.2, -0.15) is 0 Å². The van der Waals surface area contributed by atoms with Crippen molar-refractivity contribution in [2.75, 3.05) is 6.61 Å². The highest BCUT2D eigenvalue weighted by molar-refractivity contribution is 7.71. The molecule has 0 amide bonds. The lowest BCUT2D eigenvalue weighted by Gasteiger charge is -2.28. The molecule has 2 unspecified atom stereocenters. The molecule has 1 aromatic carbocycles. The van der Waals surface area contributed by atoms with Crippen LogP contribution in [-0.4, -0.2) is 27.2 Å². The summed E-state index contributed by atoms with van der Waals surface area (Å²) in [4.78, 5) is 7.81. The number of rotatable bonds is 1. The fraction of sp³-hybridized carbons (Fsp3) is 0.375. The average molecular weight is 299 g/mol. The number of H-pyrrole nitrogens is 1. The van der Waals surface area contributed by atoms with Gasteiger partial charge in [0, 0.05) is 18.0 Å². The molecule has 3 heterocycles. The van der Waals surface area contributed by atoms with Crippen LogP contribution in [0.4, 0.5) is 0 Å². The van der Waals surface area contributed by atoms with Gasteiger partial charge in [-0.1, -0.05) is 18.2 Å². The van der Waals surface area contributed by atoms with Gasteiger partial charge in [0.05, 0.1) is 28.9 Å². The SMILES string of the molecule is CC1CC(n2c(=S)[nH]c3cnc4ccccc4c32)CCO1. The molecule has 108 valence electrons. The van der Waals surface area contributed by atoms with E-state index < -0.39 is 0 Å². The van der Waals surface area contributed by atoms with Gasteiger partial charge in [-0.25, -0.2) is 0 Å². The average Bonchev–Trinajstić information content (AvgIpc) is 2.83. The summed E-state index contributed by atoms with van der Waals surface area (Å²) in [6.45, 7) is 2.92. The van der Waals surface area contributed by atoms with Crippen LogP contribution in [0.25, 0.3) is 21.9 Å². The van der Waals surface area contributed by atoms with Crippen molar-refractivity contribution in [2.24, 2.45) is 0 Å². The van der Waals surface area contributed by atoms with Crippen molar-refractivity contribution in [3.05, 3.63) is 35.2 Å². The normalized spacial score (nSPS) is 22.9. The Morgan fingerprint density at radius 1 is 1.38 bits per heavy atom. The summed E-state index contributed by atoms with van der Waals surface area (Å²) >= 11 is 5.57. The van der Waals surface area contributed by atoms with Crippen LogP contribution in [-0.2, 0) is 4.74 Å². The lowest BCUT2D eigenvalue weighted by atomic mass is 10.0. The third-order valence-electron chi connectivity index (χ3n) is 4.27. The molecule has 0 saturated carbocycles. The zero-order valence-electron chi connectivity index (χ0n) is 11.9. The van der Waals surface area contributed by atoms with E-state index in [1.54, 1.807) is 0 Å². The second kappa shape index (κ2) is 4.93. The molecule has 1 N–H and O–H groups in total. The Morgan fingerprint density at radius 2 is 2.24 bits per heavy atom. The summed E-state index contributed by atoms with van der Waals surface area (Å²) in [7, 11) is 0. The number of pyridine rings is 1. The van der Waals surface area contributed by atoms with E-state index in [1.165, 1.54) is 5.52 Å². The Balaban J connectivity index is 2.01. The molecule has 0 spiro atoms. The minimum Gasteiger partial charge on any atom is -0.378 e. The molecule has 1 saturated heterocycles. The predicted molar refractivity (Wildman–Crippen MR) is 86.1 cm³/mol. The number of aromatic amines is 1. The Hall–Kier alpha value is -1.72. The Labute approximate surface area is 127 Å². The lowest BCUT2D eigenvalue weighted by Crippen LogP contribution is -2.25. The summed E-state index contributed by atoms with van der Waals surface area (Å²) in [6.07, 6.45) is 4.16. The molecule has 0 bridgehead atoms. The number of ether oxygens (including phenoxy) is 1. The van der Waals surface area contributed by atoms with Gasteiger partial charge in [0.15, 0.2) is 4.77 Å². The number of para-hydroxylation sites is 1. The van der Waals surface area contributed by atoms with Crippen molar-refractivity contribution in [1.82, 2.24) is 14.5 Å². The molecule has 21 heavy (non-hydrogen) atoms. The zero-order chi connectivity index (χ0) is 14.4. The zero-order valence-corrected chi connectivity index (χ0v) is 12.7. The molecule has 1 aliphatic heterocycles. The molecule has 4 nitrogen and oxygen atoms in total. The summed E-state index contributed by atoms with van der Waals surface area (Å²) in [6, 6.07) is 8.62. The van der Waals surface area contributed by atoms with Gasteiger partial charge in [0.2, 0.25) is 0 Å². The van der Waals surface area contributed by atoms with Crippen LogP contribution in [0.15, 0.2) is 30.5 Å². The van der Waals surface area contributed by atoms with E-state index in [1.807, 2.05) is 18.3 Å². The van der Waals surface area contributed by atoms with E-state index in [9.17, 15) is 0 Å². The molecule has 1 aliphatic rings. The van der Waals surface area contributed by atoms with Crippen molar-refractivity contribution in [3.63, 3.8) is 0 Å². The highest BCUT2D eigenvalue weighted by Gasteiger charge is 2.23. The van der Waals surface area contributed by atoms with Crippen molar-refractivity contribution < 1.29 is 4.74 Å². The summed E-state index contributed by atoms with van der Waals surface area (Å²) in [5, 5.41) is 1.15. The van der Waals surface area contributed by atoms with Gasteiger partial charge in [0.25, 0.3) is 0 Å². The number of imidazole rings is 1. The third-order valence-corrected chi connectivity index (χ3v) is 4.57. The van der Waals surface area contributed by atoms with Crippen molar-refractivity contribution in [1.29, 1.82) is 0 Å². The van der Waals surface area contributed by atoms with E-state index in [0.717, 1.165) is 40.6 Å². The first-order valence-electron chi connectivity index (χ1n) is 7.33. The summed E-state index contributed by atoms with van der Waals surface area (Å²) < 4.78 is 8.73. The smallest absolute Gasteiger partial charge is 0.178 e. The molecular formula is C16H17N3OS. The monoisotopic (exact) mass is 299 g/mol. The van der Waals surface area contributed by atoms with Gasteiger partial charge in [-0.3, -0.25) is 4.98 Å². The number of nitrogens with one attached hydrogen (secondary N) is 1. The first-order chi connectivity index (χ1) is 10.2. The van der Waals surface area contributed by atoms with E-state index in [2.05, 4.69) is 33.6 Å². The van der Waals surface area contributed by atoms with Gasteiger partial charge in [-0.15, -0.1) is 0 Å².